The number of aliphatic hydroxyl groups is 1. The highest BCUT2D eigenvalue weighted by atomic mass is 16.3. The fraction of sp³-hybridized carbons (Fsp3) is 0.833. The molecule has 1 saturated heterocycles. The number of β-amino-alcohol motifs (C(OH)–C–C–N with tert-alkyl or cyclic N) is 1. The second-order valence-electron chi connectivity index (χ2n) is 4.20. The van der Waals surface area contributed by atoms with Crippen LogP contribution in [-0.2, 0) is 0 Å². The molecule has 0 spiro atoms. The van der Waals surface area contributed by atoms with Gasteiger partial charge in [0.25, 0.3) is 0 Å². The number of nitrogens with one attached hydrogen (secondary N) is 1. The molecule has 0 aliphatic carbocycles. The zero-order valence-electron chi connectivity index (χ0n) is 9.58. The van der Waals surface area contributed by atoms with Gasteiger partial charge in [-0.05, 0) is 32.4 Å². The van der Waals surface area contributed by atoms with E-state index in [0.717, 1.165) is 26.1 Å². The zero-order chi connectivity index (χ0) is 11.1. The molecule has 1 heterocycles. The highest BCUT2D eigenvalue weighted by Gasteiger charge is 2.15. The summed E-state index contributed by atoms with van der Waals surface area (Å²) in [5.74, 6) is 2.66. The second kappa shape index (κ2) is 6.84. The summed E-state index contributed by atoms with van der Waals surface area (Å²) in [6.07, 6.45) is 8.47. The first kappa shape index (κ1) is 12.5. The van der Waals surface area contributed by atoms with Crippen molar-refractivity contribution in [2.75, 3.05) is 26.2 Å². The SMILES string of the molecule is C#CC(CC)NCC(O)CN1CCCC1. The summed E-state index contributed by atoms with van der Waals surface area (Å²) in [6.45, 7) is 5.67. The molecular formula is C12H22N2O. The van der Waals surface area contributed by atoms with E-state index in [4.69, 9.17) is 6.42 Å². The number of aliphatic hydroxyl groups excluding tert-OH is 1. The van der Waals surface area contributed by atoms with E-state index in [-0.39, 0.29) is 12.1 Å². The molecule has 0 bridgehead atoms. The Morgan fingerprint density at radius 3 is 2.67 bits per heavy atom. The Bertz CT molecular complexity index is 206. The molecule has 1 rings (SSSR count). The van der Waals surface area contributed by atoms with Crippen molar-refractivity contribution < 1.29 is 5.11 Å². The van der Waals surface area contributed by atoms with Gasteiger partial charge < -0.3 is 15.3 Å². The van der Waals surface area contributed by atoms with Gasteiger partial charge in [-0.2, -0.15) is 0 Å². The van der Waals surface area contributed by atoms with Crippen molar-refractivity contribution in [1.29, 1.82) is 0 Å². The van der Waals surface area contributed by atoms with Crippen LogP contribution in [0.5, 0.6) is 0 Å². The van der Waals surface area contributed by atoms with Crippen molar-refractivity contribution in [3.63, 3.8) is 0 Å². The first-order valence-electron chi connectivity index (χ1n) is 5.86. The summed E-state index contributed by atoms with van der Waals surface area (Å²) in [4.78, 5) is 2.31. The number of nitrogens with zero attached hydrogens (tertiary/aromatic N) is 1. The Morgan fingerprint density at radius 1 is 1.47 bits per heavy atom. The fourth-order valence-electron chi connectivity index (χ4n) is 1.93. The Labute approximate surface area is 92.9 Å². The van der Waals surface area contributed by atoms with Gasteiger partial charge in [-0.25, -0.2) is 0 Å². The van der Waals surface area contributed by atoms with E-state index in [1.165, 1.54) is 12.8 Å². The molecule has 86 valence electrons. The van der Waals surface area contributed by atoms with Crippen molar-refractivity contribution >= 4 is 0 Å². The Morgan fingerprint density at radius 2 is 2.13 bits per heavy atom. The van der Waals surface area contributed by atoms with Crippen molar-refractivity contribution in [3.05, 3.63) is 0 Å². The number of hydrogen-bond acceptors (Lipinski definition) is 3. The van der Waals surface area contributed by atoms with Crippen molar-refractivity contribution in [1.82, 2.24) is 10.2 Å². The van der Waals surface area contributed by atoms with Crippen LogP contribution in [0.3, 0.4) is 0 Å². The molecule has 1 aliphatic heterocycles. The molecule has 2 atom stereocenters. The Balaban J connectivity index is 2.12. The molecule has 1 fully saturated rings. The summed E-state index contributed by atoms with van der Waals surface area (Å²) in [5, 5.41) is 13.0. The van der Waals surface area contributed by atoms with Gasteiger partial charge in [0, 0.05) is 13.1 Å². The van der Waals surface area contributed by atoms with Crippen LogP contribution >= 0.6 is 0 Å². The normalized spacial score (nSPS) is 21.1. The molecule has 0 saturated carbocycles. The van der Waals surface area contributed by atoms with Gasteiger partial charge in [-0.1, -0.05) is 12.8 Å². The molecule has 1 aliphatic rings. The minimum Gasteiger partial charge on any atom is -0.390 e. The van der Waals surface area contributed by atoms with Gasteiger partial charge >= 0.3 is 0 Å². The lowest BCUT2D eigenvalue weighted by atomic mass is 10.2. The molecule has 0 aromatic rings. The maximum absolute atomic E-state index is 9.78. The maximum Gasteiger partial charge on any atom is 0.0791 e. The van der Waals surface area contributed by atoms with Gasteiger partial charge in [0.05, 0.1) is 12.1 Å². The first-order valence-corrected chi connectivity index (χ1v) is 5.86. The van der Waals surface area contributed by atoms with Crippen LogP contribution in [0.2, 0.25) is 0 Å². The molecule has 0 aromatic carbocycles. The van der Waals surface area contributed by atoms with Gasteiger partial charge in [0.2, 0.25) is 0 Å². The van der Waals surface area contributed by atoms with Crippen LogP contribution in [0.15, 0.2) is 0 Å². The third-order valence-corrected chi connectivity index (χ3v) is 2.88. The fourth-order valence-corrected chi connectivity index (χ4v) is 1.93. The minimum absolute atomic E-state index is 0.0956. The van der Waals surface area contributed by atoms with Crippen molar-refractivity contribution in [2.24, 2.45) is 0 Å². The average molecular weight is 210 g/mol. The number of rotatable bonds is 6. The first-order chi connectivity index (χ1) is 7.26. The van der Waals surface area contributed by atoms with Gasteiger partial charge in [0.1, 0.15) is 0 Å². The van der Waals surface area contributed by atoms with E-state index in [1.807, 2.05) is 6.92 Å². The molecule has 0 aromatic heterocycles. The largest absolute Gasteiger partial charge is 0.390 e. The van der Waals surface area contributed by atoms with Crippen molar-refractivity contribution in [2.45, 2.75) is 38.3 Å². The van der Waals surface area contributed by atoms with Crippen LogP contribution in [0.4, 0.5) is 0 Å². The lowest BCUT2D eigenvalue weighted by Gasteiger charge is -2.20. The van der Waals surface area contributed by atoms with Crippen LogP contribution in [-0.4, -0.2) is 48.3 Å². The lowest BCUT2D eigenvalue weighted by molar-refractivity contribution is 0.122. The number of hydrogen-bond donors (Lipinski definition) is 2. The smallest absolute Gasteiger partial charge is 0.0791 e. The molecular weight excluding hydrogens is 188 g/mol. The van der Waals surface area contributed by atoms with Crippen molar-refractivity contribution in [3.8, 4) is 12.3 Å². The van der Waals surface area contributed by atoms with E-state index in [1.54, 1.807) is 0 Å². The van der Waals surface area contributed by atoms with Crippen LogP contribution in [0, 0.1) is 12.3 Å². The van der Waals surface area contributed by atoms with Crippen LogP contribution < -0.4 is 5.32 Å². The maximum atomic E-state index is 9.78. The van der Waals surface area contributed by atoms with Gasteiger partial charge in [-0.15, -0.1) is 6.42 Å². The predicted octanol–water partition coefficient (Wildman–Crippen LogP) is 0.444. The Hall–Kier alpha value is -0.560. The summed E-state index contributed by atoms with van der Waals surface area (Å²) in [5.41, 5.74) is 0. The summed E-state index contributed by atoms with van der Waals surface area (Å²) in [7, 11) is 0. The van der Waals surface area contributed by atoms with E-state index >= 15 is 0 Å². The van der Waals surface area contributed by atoms with Gasteiger partial charge in [0.15, 0.2) is 0 Å². The topological polar surface area (TPSA) is 35.5 Å². The van der Waals surface area contributed by atoms with E-state index in [9.17, 15) is 5.11 Å². The molecule has 3 heteroatoms. The average Bonchev–Trinajstić information content (AvgIpc) is 2.72. The molecule has 2 N–H and O–H groups in total. The van der Waals surface area contributed by atoms with E-state index < -0.39 is 0 Å². The van der Waals surface area contributed by atoms with Crippen LogP contribution in [0.25, 0.3) is 0 Å². The van der Waals surface area contributed by atoms with Crippen LogP contribution in [0.1, 0.15) is 26.2 Å². The third kappa shape index (κ3) is 4.65. The monoisotopic (exact) mass is 210 g/mol. The predicted molar refractivity (Wildman–Crippen MR) is 62.6 cm³/mol. The highest BCUT2D eigenvalue weighted by Crippen LogP contribution is 2.07. The highest BCUT2D eigenvalue weighted by molar-refractivity contribution is 4.98. The zero-order valence-corrected chi connectivity index (χ0v) is 9.58. The molecule has 15 heavy (non-hydrogen) atoms. The quantitative estimate of drug-likeness (QED) is 0.625. The second-order valence-corrected chi connectivity index (χ2v) is 4.20. The van der Waals surface area contributed by atoms with E-state index in [2.05, 4.69) is 16.1 Å². The molecule has 3 nitrogen and oxygen atoms in total. The number of likely N-dealkylation sites (tertiary alicyclic amines) is 1. The van der Waals surface area contributed by atoms with Gasteiger partial charge in [-0.3, -0.25) is 0 Å². The van der Waals surface area contributed by atoms with E-state index in [0.29, 0.717) is 6.54 Å². The summed E-state index contributed by atoms with van der Waals surface area (Å²) >= 11 is 0. The minimum atomic E-state index is -0.300. The third-order valence-electron chi connectivity index (χ3n) is 2.88. The standard InChI is InChI=1S/C12H22N2O/c1-3-11(4-2)13-9-12(15)10-14-7-5-6-8-14/h1,11-13,15H,4-10H2,2H3. The molecule has 0 amide bonds. The Kier molecular flexibility index (Phi) is 5.70. The summed E-state index contributed by atoms with van der Waals surface area (Å²) < 4.78 is 0. The molecule has 2 unspecified atom stereocenters. The molecule has 0 radical (unpaired) electrons. The lowest BCUT2D eigenvalue weighted by Crippen LogP contribution is -2.40. The summed E-state index contributed by atoms with van der Waals surface area (Å²) in [6, 6.07) is 0.0956. The number of terminal acetylenes is 1.